The minimum Gasteiger partial charge on any atom is -0.504 e. The van der Waals surface area contributed by atoms with Crippen LogP contribution in [0.4, 0.5) is 5.69 Å². The first kappa shape index (κ1) is 19.5. The van der Waals surface area contributed by atoms with Gasteiger partial charge in [0.05, 0.1) is 23.4 Å². The molecule has 0 saturated heterocycles. The number of hydrazone groups is 1. The van der Waals surface area contributed by atoms with Gasteiger partial charge in [0, 0.05) is 17.7 Å². The molecule has 1 amide bonds. The number of phenols is 1. The minimum absolute atomic E-state index is 0.0131. The zero-order chi connectivity index (χ0) is 20.8. The van der Waals surface area contributed by atoms with Crippen molar-refractivity contribution in [1.82, 2.24) is 15.6 Å². The Bertz CT molecular complexity index is 1080. The van der Waals surface area contributed by atoms with Gasteiger partial charge < -0.3 is 9.84 Å². The van der Waals surface area contributed by atoms with Crippen LogP contribution in [0.1, 0.15) is 23.0 Å². The number of benzene rings is 2. The summed E-state index contributed by atoms with van der Waals surface area (Å²) in [5, 5.41) is 31.0. The maximum Gasteiger partial charge on any atom is 0.289 e. The quantitative estimate of drug-likeness (QED) is 0.319. The van der Waals surface area contributed by atoms with Gasteiger partial charge in [0.2, 0.25) is 0 Å². The Kier molecular flexibility index (Phi) is 5.83. The third-order valence-electron chi connectivity index (χ3n) is 3.84. The van der Waals surface area contributed by atoms with Gasteiger partial charge in [-0.3, -0.25) is 20.0 Å². The highest BCUT2D eigenvalue weighted by molar-refractivity contribution is 5.94. The van der Waals surface area contributed by atoms with Crippen molar-refractivity contribution in [3.8, 4) is 22.8 Å². The summed E-state index contributed by atoms with van der Waals surface area (Å²) in [5.74, 6) is -0.202. The number of hydrogen-bond acceptors (Lipinski definition) is 7. The number of aromatic hydroxyl groups is 1. The maximum atomic E-state index is 12.2. The molecule has 29 heavy (non-hydrogen) atoms. The number of phenolic OH excluding ortho intramolecular Hbond substituents is 1. The van der Waals surface area contributed by atoms with Gasteiger partial charge in [-0.1, -0.05) is 12.1 Å². The number of nitro groups is 1. The number of nitro benzene ring substituents is 1. The number of nitrogens with zero attached hydrogens (tertiary/aromatic N) is 3. The normalized spacial score (nSPS) is 10.8. The van der Waals surface area contributed by atoms with Gasteiger partial charge in [-0.05, 0) is 36.8 Å². The molecule has 0 aliphatic rings. The number of aromatic amines is 1. The van der Waals surface area contributed by atoms with Crippen molar-refractivity contribution in [2.24, 2.45) is 5.10 Å². The van der Waals surface area contributed by atoms with Gasteiger partial charge in [0.15, 0.2) is 11.5 Å². The first-order valence-electron chi connectivity index (χ1n) is 8.57. The predicted molar refractivity (Wildman–Crippen MR) is 105 cm³/mol. The highest BCUT2D eigenvalue weighted by Gasteiger charge is 2.13. The van der Waals surface area contributed by atoms with Crippen LogP contribution >= 0.6 is 0 Å². The Morgan fingerprint density at radius 2 is 2.17 bits per heavy atom. The van der Waals surface area contributed by atoms with Crippen molar-refractivity contribution >= 4 is 17.8 Å². The van der Waals surface area contributed by atoms with Crippen LogP contribution in [0, 0.1) is 10.1 Å². The number of nitrogens with one attached hydrogen (secondary N) is 2. The van der Waals surface area contributed by atoms with Crippen LogP contribution < -0.4 is 10.2 Å². The Morgan fingerprint density at radius 1 is 1.34 bits per heavy atom. The lowest BCUT2D eigenvalue weighted by atomic mass is 10.1. The molecule has 0 atom stereocenters. The number of non-ortho nitro benzene ring substituents is 1. The largest absolute Gasteiger partial charge is 0.504 e. The van der Waals surface area contributed by atoms with Crippen LogP contribution in [-0.2, 0) is 0 Å². The van der Waals surface area contributed by atoms with Crippen LogP contribution in [0.15, 0.2) is 53.6 Å². The summed E-state index contributed by atoms with van der Waals surface area (Å²) in [7, 11) is 0. The first-order valence-corrected chi connectivity index (χ1v) is 8.57. The second-order valence-electron chi connectivity index (χ2n) is 5.83. The van der Waals surface area contributed by atoms with Crippen molar-refractivity contribution < 1.29 is 19.6 Å². The molecule has 0 saturated carbocycles. The molecule has 1 aromatic heterocycles. The zero-order valence-corrected chi connectivity index (χ0v) is 15.3. The fourth-order valence-electron chi connectivity index (χ4n) is 2.47. The van der Waals surface area contributed by atoms with E-state index in [1.54, 1.807) is 31.2 Å². The van der Waals surface area contributed by atoms with E-state index in [1.807, 2.05) is 0 Å². The van der Waals surface area contributed by atoms with E-state index >= 15 is 0 Å². The molecule has 0 aliphatic carbocycles. The molecule has 3 rings (SSSR count). The number of H-pyrrole nitrogens is 1. The summed E-state index contributed by atoms with van der Waals surface area (Å²) < 4.78 is 5.29. The van der Waals surface area contributed by atoms with Gasteiger partial charge in [-0.15, -0.1) is 0 Å². The molecule has 0 fully saturated rings. The number of amides is 1. The monoisotopic (exact) mass is 395 g/mol. The van der Waals surface area contributed by atoms with Crippen molar-refractivity contribution in [2.75, 3.05) is 6.61 Å². The molecule has 0 aliphatic heterocycles. The van der Waals surface area contributed by atoms with Crippen LogP contribution in [0.2, 0.25) is 0 Å². The Balaban J connectivity index is 1.68. The fraction of sp³-hybridized carbons (Fsp3) is 0.105. The average Bonchev–Trinajstić information content (AvgIpc) is 3.21. The third-order valence-corrected chi connectivity index (χ3v) is 3.84. The van der Waals surface area contributed by atoms with Crippen LogP contribution in [-0.4, -0.2) is 39.0 Å². The summed E-state index contributed by atoms with van der Waals surface area (Å²) >= 11 is 0. The lowest BCUT2D eigenvalue weighted by Crippen LogP contribution is -2.18. The van der Waals surface area contributed by atoms with E-state index in [1.165, 1.54) is 30.5 Å². The lowest BCUT2D eigenvalue weighted by molar-refractivity contribution is -0.384. The molecule has 2 aromatic carbocycles. The van der Waals surface area contributed by atoms with Crippen LogP contribution in [0.5, 0.6) is 11.5 Å². The van der Waals surface area contributed by atoms with Crippen molar-refractivity contribution in [2.45, 2.75) is 6.92 Å². The average molecular weight is 395 g/mol. The number of ether oxygens (including phenoxy) is 1. The number of aromatic nitrogens is 2. The fourth-order valence-corrected chi connectivity index (χ4v) is 2.47. The molecular weight excluding hydrogens is 378 g/mol. The first-order chi connectivity index (χ1) is 14.0. The molecular formula is C19H17N5O5. The van der Waals surface area contributed by atoms with Gasteiger partial charge in [-0.2, -0.15) is 10.2 Å². The topological polar surface area (TPSA) is 143 Å². The standard InChI is InChI=1S/C19H17N5O5/c1-2-29-18-8-12(6-7-17(18)25)11-20-23-19(26)16-10-15(21-22-16)13-4-3-5-14(9-13)24(27)28/h3-11,25H,2H2,1H3,(H,21,22)(H,23,26)/b20-11-. The third kappa shape index (κ3) is 4.75. The number of carbonyl (C=O) groups excluding carboxylic acids is 1. The van der Waals surface area contributed by atoms with E-state index in [2.05, 4.69) is 20.7 Å². The second-order valence-corrected chi connectivity index (χ2v) is 5.83. The van der Waals surface area contributed by atoms with Crippen LogP contribution in [0.25, 0.3) is 11.3 Å². The van der Waals surface area contributed by atoms with Crippen molar-refractivity contribution in [3.05, 3.63) is 69.9 Å². The van der Waals surface area contributed by atoms with Crippen molar-refractivity contribution in [1.29, 1.82) is 0 Å². The summed E-state index contributed by atoms with van der Waals surface area (Å²) in [6.07, 6.45) is 1.40. The van der Waals surface area contributed by atoms with Gasteiger partial charge >= 0.3 is 0 Å². The summed E-state index contributed by atoms with van der Waals surface area (Å²) in [6, 6.07) is 12.1. The number of hydrogen-bond donors (Lipinski definition) is 3. The molecule has 10 nitrogen and oxygen atoms in total. The minimum atomic E-state index is -0.533. The van der Waals surface area contributed by atoms with E-state index in [4.69, 9.17) is 4.74 Å². The summed E-state index contributed by atoms with van der Waals surface area (Å²) in [4.78, 5) is 22.6. The molecule has 0 radical (unpaired) electrons. The van der Waals surface area contributed by atoms with E-state index in [-0.39, 0.29) is 17.1 Å². The smallest absolute Gasteiger partial charge is 0.289 e. The molecule has 1 heterocycles. The van der Waals surface area contributed by atoms with Gasteiger partial charge in [0.25, 0.3) is 11.6 Å². The number of carbonyl (C=O) groups is 1. The highest BCUT2D eigenvalue weighted by Crippen LogP contribution is 2.26. The van der Waals surface area contributed by atoms with Gasteiger partial charge in [-0.25, -0.2) is 5.43 Å². The SMILES string of the molecule is CCOc1cc(/C=N\NC(=O)c2cc(-c3cccc([N+](=O)[O-])c3)n[nH]2)ccc1O. The molecule has 148 valence electrons. The molecule has 0 spiro atoms. The van der Waals surface area contributed by atoms with E-state index in [0.717, 1.165) is 0 Å². The van der Waals surface area contributed by atoms with E-state index in [0.29, 0.717) is 29.2 Å². The molecule has 10 heteroatoms. The Labute approximate surface area is 165 Å². The number of rotatable bonds is 7. The zero-order valence-electron chi connectivity index (χ0n) is 15.3. The lowest BCUT2D eigenvalue weighted by Gasteiger charge is -2.05. The second kappa shape index (κ2) is 8.65. The van der Waals surface area contributed by atoms with Gasteiger partial charge in [0.1, 0.15) is 5.69 Å². The van der Waals surface area contributed by atoms with Crippen LogP contribution in [0.3, 0.4) is 0 Å². The van der Waals surface area contributed by atoms with Crippen molar-refractivity contribution in [3.63, 3.8) is 0 Å². The van der Waals surface area contributed by atoms with E-state index < -0.39 is 10.8 Å². The Hall–Kier alpha value is -4.21. The summed E-state index contributed by atoms with van der Waals surface area (Å²) in [6.45, 7) is 2.20. The summed E-state index contributed by atoms with van der Waals surface area (Å²) in [5.41, 5.74) is 3.95. The molecule has 0 bridgehead atoms. The highest BCUT2D eigenvalue weighted by atomic mass is 16.6. The molecule has 0 unspecified atom stereocenters. The van der Waals surface area contributed by atoms with E-state index in [9.17, 15) is 20.0 Å². The predicted octanol–water partition coefficient (Wildman–Crippen LogP) is 2.85. The Morgan fingerprint density at radius 3 is 2.93 bits per heavy atom. The molecule has 3 aromatic rings. The maximum absolute atomic E-state index is 12.2. The molecule has 3 N–H and O–H groups in total.